The Morgan fingerprint density at radius 2 is 1.15 bits per heavy atom. The van der Waals surface area contributed by atoms with Gasteiger partial charge in [0.1, 0.15) is 5.78 Å². The highest BCUT2D eigenvalue weighted by Gasteiger charge is 2.40. The number of fused-ring (bicyclic) bond motifs is 2. The van der Waals surface area contributed by atoms with Gasteiger partial charge in [-0.05, 0) is 39.2 Å². The van der Waals surface area contributed by atoms with E-state index in [9.17, 15) is 4.79 Å². The second-order valence-corrected chi connectivity index (χ2v) is 9.18. The molecule has 0 N–H and O–H groups in total. The van der Waals surface area contributed by atoms with Crippen LogP contribution in [-0.2, 0) is 4.79 Å². The van der Waals surface area contributed by atoms with Gasteiger partial charge in [-0.2, -0.15) is 0 Å². The summed E-state index contributed by atoms with van der Waals surface area (Å²) in [5, 5.41) is 0. The normalized spacial score (nSPS) is 25.7. The maximum atomic E-state index is 12.5. The summed E-state index contributed by atoms with van der Waals surface area (Å²) in [6.45, 7) is 2.29. The maximum absolute atomic E-state index is 12.5. The van der Waals surface area contributed by atoms with Gasteiger partial charge < -0.3 is 4.90 Å². The molecule has 2 atom stereocenters. The maximum Gasteiger partial charge on any atom is 0.136 e. The minimum absolute atomic E-state index is 0.390. The first kappa shape index (κ1) is 21.9. The van der Waals surface area contributed by atoms with Crippen LogP contribution in [0.15, 0.2) is 0 Å². The number of unbranched alkanes of at least 4 members (excludes halogenated alkanes) is 12. The molecule has 0 aromatic heterocycles. The van der Waals surface area contributed by atoms with Crippen molar-refractivity contribution in [2.45, 2.75) is 135 Å². The molecule has 0 radical (unpaired) electrons. The van der Waals surface area contributed by atoms with E-state index in [1.807, 2.05) is 0 Å². The molecule has 2 bridgehead atoms. The number of rotatable bonds is 15. The number of carbonyl (C=O) groups is 1. The number of ketones is 1. The molecule has 0 saturated carbocycles. The van der Waals surface area contributed by atoms with Gasteiger partial charge in [0.15, 0.2) is 0 Å². The summed E-state index contributed by atoms with van der Waals surface area (Å²) < 4.78 is 0. The Kier molecular flexibility index (Phi) is 10.9. The van der Waals surface area contributed by atoms with Crippen molar-refractivity contribution in [1.29, 1.82) is 0 Å². The molecule has 0 aromatic rings. The van der Waals surface area contributed by atoms with Crippen LogP contribution in [0.5, 0.6) is 0 Å². The second-order valence-electron chi connectivity index (χ2n) is 9.18. The van der Waals surface area contributed by atoms with Crippen LogP contribution in [0.1, 0.15) is 122 Å². The largest absolute Gasteiger partial charge is 0.300 e. The van der Waals surface area contributed by atoms with E-state index >= 15 is 0 Å². The number of piperidine rings is 1. The van der Waals surface area contributed by atoms with E-state index in [2.05, 4.69) is 18.9 Å². The zero-order valence-electron chi connectivity index (χ0n) is 17.8. The van der Waals surface area contributed by atoms with Crippen molar-refractivity contribution in [2.24, 2.45) is 5.92 Å². The molecule has 0 spiro atoms. The number of nitrogens with zero attached hydrogens (tertiary/aromatic N) is 1. The van der Waals surface area contributed by atoms with Gasteiger partial charge >= 0.3 is 0 Å². The molecule has 0 aliphatic carbocycles. The highest BCUT2D eigenvalue weighted by atomic mass is 16.1. The Hall–Kier alpha value is -0.370. The summed E-state index contributed by atoms with van der Waals surface area (Å²) in [5.74, 6) is 0.971. The van der Waals surface area contributed by atoms with Gasteiger partial charge in [0.05, 0.1) is 0 Å². The molecule has 2 rings (SSSR count). The predicted octanol–water partition coefficient (Wildman–Crippen LogP) is 6.91. The monoisotopic (exact) mass is 363 g/mol. The molecule has 2 unspecified atom stereocenters. The van der Waals surface area contributed by atoms with Crippen molar-refractivity contribution >= 4 is 5.78 Å². The Labute approximate surface area is 163 Å². The van der Waals surface area contributed by atoms with Gasteiger partial charge in [0.25, 0.3) is 0 Å². The van der Waals surface area contributed by atoms with Crippen LogP contribution in [0.4, 0.5) is 0 Å². The van der Waals surface area contributed by atoms with E-state index in [0.717, 1.165) is 25.7 Å². The molecule has 2 nitrogen and oxygen atoms in total. The quantitative estimate of drug-likeness (QED) is 0.295. The van der Waals surface area contributed by atoms with Crippen molar-refractivity contribution in [3.63, 3.8) is 0 Å². The van der Waals surface area contributed by atoms with Crippen LogP contribution in [0.2, 0.25) is 0 Å². The highest BCUT2D eigenvalue weighted by molar-refractivity contribution is 5.81. The van der Waals surface area contributed by atoms with Crippen molar-refractivity contribution < 1.29 is 4.79 Å². The fraction of sp³-hybridized carbons (Fsp3) is 0.958. The van der Waals surface area contributed by atoms with Crippen molar-refractivity contribution in [3.05, 3.63) is 0 Å². The summed E-state index contributed by atoms with van der Waals surface area (Å²) >= 11 is 0. The molecule has 2 heterocycles. The highest BCUT2D eigenvalue weighted by Crippen LogP contribution is 2.38. The van der Waals surface area contributed by atoms with Gasteiger partial charge in [-0.1, -0.05) is 84.0 Å². The van der Waals surface area contributed by atoms with Crippen LogP contribution >= 0.6 is 0 Å². The van der Waals surface area contributed by atoms with Crippen LogP contribution in [0.25, 0.3) is 0 Å². The molecule has 2 saturated heterocycles. The van der Waals surface area contributed by atoms with Gasteiger partial charge in [-0.15, -0.1) is 0 Å². The fourth-order valence-corrected chi connectivity index (χ4v) is 5.20. The molecular formula is C24H45NO. The third-order valence-electron chi connectivity index (χ3n) is 7.08. The zero-order valence-corrected chi connectivity index (χ0v) is 17.8. The second kappa shape index (κ2) is 12.9. The van der Waals surface area contributed by atoms with E-state index in [0.29, 0.717) is 23.8 Å². The van der Waals surface area contributed by atoms with Gasteiger partial charge in [0, 0.05) is 24.4 Å². The molecule has 26 heavy (non-hydrogen) atoms. The molecule has 0 aromatic carbocycles. The molecule has 2 fully saturated rings. The molecule has 2 aliphatic rings. The minimum Gasteiger partial charge on any atom is -0.300 e. The number of carbonyl (C=O) groups excluding carboxylic acids is 1. The third kappa shape index (κ3) is 7.71. The first-order chi connectivity index (χ1) is 12.7. The summed E-state index contributed by atoms with van der Waals surface area (Å²) in [5.41, 5.74) is 0. The smallest absolute Gasteiger partial charge is 0.136 e. The SMILES string of the molecule is CCCCCCCCCCCCCCCC(=O)C1CC2CCC(C1)N2C. The lowest BCUT2D eigenvalue weighted by Crippen LogP contribution is -2.42. The Morgan fingerprint density at radius 1 is 0.731 bits per heavy atom. The Morgan fingerprint density at radius 3 is 1.62 bits per heavy atom. The summed E-state index contributed by atoms with van der Waals surface area (Å²) in [4.78, 5) is 15.0. The Bertz CT molecular complexity index is 366. The lowest BCUT2D eigenvalue weighted by Gasteiger charge is -2.35. The van der Waals surface area contributed by atoms with E-state index in [-0.39, 0.29) is 0 Å². The summed E-state index contributed by atoms with van der Waals surface area (Å²) in [6.07, 6.45) is 23.7. The van der Waals surface area contributed by atoms with Crippen LogP contribution in [0.3, 0.4) is 0 Å². The predicted molar refractivity (Wildman–Crippen MR) is 113 cm³/mol. The molecule has 0 amide bonds. The first-order valence-electron chi connectivity index (χ1n) is 12.0. The Balaban J connectivity index is 1.36. The first-order valence-corrected chi connectivity index (χ1v) is 12.0. The van der Waals surface area contributed by atoms with Crippen molar-refractivity contribution in [1.82, 2.24) is 4.90 Å². The van der Waals surface area contributed by atoms with E-state index in [1.165, 1.54) is 89.9 Å². The van der Waals surface area contributed by atoms with Gasteiger partial charge in [-0.25, -0.2) is 0 Å². The summed E-state index contributed by atoms with van der Waals surface area (Å²) in [6, 6.07) is 1.41. The van der Waals surface area contributed by atoms with Crippen LogP contribution in [-0.4, -0.2) is 29.8 Å². The topological polar surface area (TPSA) is 20.3 Å². The standard InChI is InChI=1S/C24H45NO/c1-3-4-5-6-7-8-9-10-11-12-13-14-15-16-24(26)21-19-22-17-18-23(20-21)25(22)2/h21-23H,3-20H2,1-2H3. The third-order valence-corrected chi connectivity index (χ3v) is 7.08. The van der Waals surface area contributed by atoms with Gasteiger partial charge in [-0.3, -0.25) is 4.79 Å². The fourth-order valence-electron chi connectivity index (χ4n) is 5.20. The van der Waals surface area contributed by atoms with Gasteiger partial charge in [0.2, 0.25) is 0 Å². The van der Waals surface area contributed by atoms with Crippen molar-refractivity contribution in [2.75, 3.05) is 7.05 Å². The van der Waals surface area contributed by atoms with E-state index in [4.69, 9.17) is 0 Å². The van der Waals surface area contributed by atoms with Crippen LogP contribution < -0.4 is 0 Å². The van der Waals surface area contributed by atoms with Crippen LogP contribution in [0, 0.1) is 5.92 Å². The zero-order chi connectivity index (χ0) is 18.6. The minimum atomic E-state index is 0.390. The molecule has 2 aliphatic heterocycles. The number of hydrogen-bond acceptors (Lipinski definition) is 2. The number of Topliss-reactive ketones (excluding diaryl/α,β-unsaturated/α-hetero) is 1. The summed E-state index contributed by atoms with van der Waals surface area (Å²) in [7, 11) is 2.26. The lowest BCUT2D eigenvalue weighted by atomic mass is 9.86. The number of hydrogen-bond donors (Lipinski definition) is 0. The molecule has 2 heteroatoms. The molecular weight excluding hydrogens is 318 g/mol. The van der Waals surface area contributed by atoms with E-state index < -0.39 is 0 Å². The molecule has 152 valence electrons. The average Bonchev–Trinajstić information content (AvgIpc) is 2.86. The van der Waals surface area contributed by atoms with E-state index in [1.54, 1.807) is 0 Å². The lowest BCUT2D eigenvalue weighted by molar-refractivity contribution is -0.125. The average molecular weight is 364 g/mol. The van der Waals surface area contributed by atoms with Crippen molar-refractivity contribution in [3.8, 4) is 0 Å².